The number of hydrogen-bond acceptors (Lipinski definition) is 3. The summed E-state index contributed by atoms with van der Waals surface area (Å²) in [5.74, 6) is 0.366. The summed E-state index contributed by atoms with van der Waals surface area (Å²) in [7, 11) is 0. The van der Waals surface area contributed by atoms with Crippen molar-refractivity contribution in [3.05, 3.63) is 57.3 Å². The van der Waals surface area contributed by atoms with Gasteiger partial charge in [0.15, 0.2) is 5.84 Å². The first-order valence-electron chi connectivity index (χ1n) is 5.41. The molecule has 0 saturated carbocycles. The fourth-order valence-corrected chi connectivity index (χ4v) is 2.04. The number of hydrogen-bond donors (Lipinski definition) is 2. The zero-order valence-corrected chi connectivity index (χ0v) is 12.3. The Kier molecular flexibility index (Phi) is 4.46. The van der Waals surface area contributed by atoms with Gasteiger partial charge >= 0.3 is 0 Å². The van der Waals surface area contributed by atoms with Gasteiger partial charge in [0.05, 0.1) is 9.50 Å². The van der Waals surface area contributed by atoms with E-state index in [9.17, 15) is 4.39 Å². The average molecular weight is 360 g/mol. The first-order chi connectivity index (χ1) is 9.51. The molecule has 0 amide bonds. The number of benzene rings is 2. The maximum Gasteiger partial charge on any atom is 0.170 e. The lowest BCUT2D eigenvalue weighted by atomic mass is 10.2. The zero-order valence-electron chi connectivity index (χ0n) is 9.98. The van der Waals surface area contributed by atoms with E-state index in [1.54, 1.807) is 12.1 Å². The van der Waals surface area contributed by atoms with Crippen LogP contribution in [0.3, 0.4) is 0 Å². The second-order valence-electron chi connectivity index (χ2n) is 3.81. The van der Waals surface area contributed by atoms with Gasteiger partial charge in [-0.3, -0.25) is 0 Å². The van der Waals surface area contributed by atoms with Crippen molar-refractivity contribution in [3.63, 3.8) is 0 Å². The van der Waals surface area contributed by atoms with Crippen molar-refractivity contribution >= 4 is 33.4 Å². The van der Waals surface area contributed by atoms with Crippen molar-refractivity contribution in [2.24, 2.45) is 10.9 Å². The number of nitrogens with zero attached hydrogens (tertiary/aromatic N) is 1. The van der Waals surface area contributed by atoms with E-state index in [2.05, 4.69) is 21.1 Å². The summed E-state index contributed by atoms with van der Waals surface area (Å²) >= 11 is 9.12. The molecule has 20 heavy (non-hydrogen) atoms. The topological polar surface area (TPSA) is 67.8 Å². The first kappa shape index (κ1) is 14.6. The number of nitrogens with two attached hydrogens (primary N) is 1. The van der Waals surface area contributed by atoms with Crippen molar-refractivity contribution in [1.82, 2.24) is 0 Å². The van der Waals surface area contributed by atoms with Gasteiger partial charge in [-0.15, -0.1) is 0 Å². The highest BCUT2D eigenvalue weighted by Gasteiger charge is 2.08. The molecule has 0 aliphatic heterocycles. The molecule has 0 radical (unpaired) electrons. The molecule has 0 aliphatic rings. The molecule has 0 heterocycles. The van der Waals surface area contributed by atoms with Crippen LogP contribution >= 0.6 is 27.5 Å². The Hall–Kier alpha value is -1.79. The zero-order chi connectivity index (χ0) is 14.7. The van der Waals surface area contributed by atoms with Crippen molar-refractivity contribution in [1.29, 1.82) is 0 Å². The molecule has 0 atom stereocenters. The van der Waals surface area contributed by atoms with Gasteiger partial charge in [-0.25, -0.2) is 4.39 Å². The van der Waals surface area contributed by atoms with Gasteiger partial charge in [0.1, 0.15) is 17.3 Å². The summed E-state index contributed by atoms with van der Waals surface area (Å²) in [5.41, 5.74) is 5.92. The van der Waals surface area contributed by atoms with Crippen molar-refractivity contribution in [3.8, 4) is 11.5 Å². The van der Waals surface area contributed by atoms with E-state index < -0.39 is 0 Å². The summed E-state index contributed by atoms with van der Waals surface area (Å²) in [6, 6.07) is 8.92. The van der Waals surface area contributed by atoms with Crippen LogP contribution < -0.4 is 10.5 Å². The average Bonchev–Trinajstić information content (AvgIpc) is 2.44. The van der Waals surface area contributed by atoms with Crippen molar-refractivity contribution < 1.29 is 14.3 Å². The molecule has 0 bridgehead atoms. The number of rotatable bonds is 3. The minimum absolute atomic E-state index is 0.0528. The Morgan fingerprint density at radius 3 is 2.65 bits per heavy atom. The van der Waals surface area contributed by atoms with E-state index >= 15 is 0 Å². The van der Waals surface area contributed by atoms with E-state index in [-0.39, 0.29) is 16.7 Å². The molecule has 0 spiro atoms. The largest absolute Gasteiger partial charge is 0.456 e. The van der Waals surface area contributed by atoms with Gasteiger partial charge in [0.2, 0.25) is 0 Å². The number of amidine groups is 1. The van der Waals surface area contributed by atoms with E-state index in [0.717, 1.165) is 0 Å². The predicted octanol–water partition coefficient (Wildman–Crippen LogP) is 4.13. The van der Waals surface area contributed by atoms with Crippen LogP contribution in [0.4, 0.5) is 4.39 Å². The van der Waals surface area contributed by atoms with E-state index in [1.807, 2.05) is 0 Å². The maximum absolute atomic E-state index is 13.1. The van der Waals surface area contributed by atoms with Crippen molar-refractivity contribution in [2.45, 2.75) is 0 Å². The molecule has 0 saturated heterocycles. The summed E-state index contributed by atoms with van der Waals surface area (Å²) in [6.07, 6.45) is 0. The van der Waals surface area contributed by atoms with Crippen LogP contribution in [0.5, 0.6) is 11.5 Å². The lowest BCUT2D eigenvalue weighted by Gasteiger charge is -2.09. The van der Waals surface area contributed by atoms with Crippen molar-refractivity contribution in [2.75, 3.05) is 0 Å². The lowest BCUT2D eigenvalue weighted by molar-refractivity contribution is 0.318. The second kappa shape index (κ2) is 6.11. The van der Waals surface area contributed by atoms with Gasteiger partial charge in [0.25, 0.3) is 0 Å². The fourth-order valence-electron chi connectivity index (χ4n) is 1.47. The number of halogens is 3. The first-order valence-corrected chi connectivity index (χ1v) is 6.58. The summed E-state index contributed by atoms with van der Waals surface area (Å²) < 4.78 is 19.0. The Balaban J connectivity index is 2.28. The summed E-state index contributed by atoms with van der Waals surface area (Å²) in [6.45, 7) is 0. The van der Waals surface area contributed by atoms with Gasteiger partial charge in [0, 0.05) is 5.56 Å². The molecule has 7 heteroatoms. The van der Waals surface area contributed by atoms with E-state index in [4.69, 9.17) is 27.3 Å². The van der Waals surface area contributed by atoms with E-state index in [0.29, 0.717) is 21.5 Å². The Morgan fingerprint density at radius 2 is 2.05 bits per heavy atom. The predicted molar refractivity (Wildman–Crippen MR) is 78.1 cm³/mol. The standard InChI is InChI=1S/C13H9BrClFN2O2/c14-9-6-8(2-3-11(9)16)20-12-4-1-7(5-10(12)15)13(17)18-19/h1-6,19H,(H2,17,18). The molecule has 104 valence electrons. The minimum Gasteiger partial charge on any atom is -0.456 e. The molecular formula is C13H9BrClFN2O2. The molecule has 0 aromatic heterocycles. The highest BCUT2D eigenvalue weighted by Crippen LogP contribution is 2.31. The third-order valence-electron chi connectivity index (χ3n) is 2.45. The van der Waals surface area contributed by atoms with Gasteiger partial charge in [-0.05, 0) is 52.3 Å². The van der Waals surface area contributed by atoms with Gasteiger partial charge in [-0.1, -0.05) is 16.8 Å². The van der Waals surface area contributed by atoms with Crippen LogP contribution in [-0.4, -0.2) is 11.0 Å². The third-order valence-corrected chi connectivity index (χ3v) is 3.36. The number of oxime groups is 1. The second-order valence-corrected chi connectivity index (χ2v) is 5.07. The summed E-state index contributed by atoms with van der Waals surface area (Å²) in [5, 5.41) is 11.8. The maximum atomic E-state index is 13.1. The fraction of sp³-hybridized carbons (Fsp3) is 0. The third kappa shape index (κ3) is 3.20. The number of ether oxygens (including phenoxy) is 1. The highest BCUT2D eigenvalue weighted by molar-refractivity contribution is 9.10. The minimum atomic E-state index is -0.384. The normalized spacial score (nSPS) is 11.4. The Labute approximate surface area is 127 Å². The lowest BCUT2D eigenvalue weighted by Crippen LogP contribution is -2.12. The molecule has 2 aromatic carbocycles. The monoisotopic (exact) mass is 358 g/mol. The molecule has 3 N–H and O–H groups in total. The Bertz CT molecular complexity index is 679. The molecule has 2 aromatic rings. The Morgan fingerprint density at radius 1 is 1.30 bits per heavy atom. The smallest absolute Gasteiger partial charge is 0.170 e. The molecule has 4 nitrogen and oxygen atoms in total. The van der Waals surface area contributed by atoms with Crippen LogP contribution in [0.2, 0.25) is 5.02 Å². The SMILES string of the molecule is N/C(=N/O)c1ccc(Oc2ccc(F)c(Br)c2)c(Cl)c1. The van der Waals surface area contributed by atoms with Crippen LogP contribution in [-0.2, 0) is 0 Å². The highest BCUT2D eigenvalue weighted by atomic mass is 79.9. The van der Waals surface area contributed by atoms with Gasteiger partial charge < -0.3 is 15.7 Å². The molecule has 0 aliphatic carbocycles. The van der Waals surface area contributed by atoms with Crippen LogP contribution in [0.1, 0.15) is 5.56 Å². The molecule has 0 unspecified atom stereocenters. The summed E-state index contributed by atoms with van der Waals surface area (Å²) in [4.78, 5) is 0. The molecule has 2 rings (SSSR count). The van der Waals surface area contributed by atoms with Gasteiger partial charge in [-0.2, -0.15) is 0 Å². The van der Waals surface area contributed by atoms with E-state index in [1.165, 1.54) is 24.3 Å². The molecule has 0 fully saturated rings. The molecular weight excluding hydrogens is 351 g/mol. The van der Waals surface area contributed by atoms with Crippen LogP contribution in [0, 0.1) is 5.82 Å². The van der Waals surface area contributed by atoms with Crippen LogP contribution in [0.15, 0.2) is 46.0 Å². The quantitative estimate of drug-likeness (QED) is 0.375. The van der Waals surface area contributed by atoms with Crippen LogP contribution in [0.25, 0.3) is 0 Å².